The van der Waals surface area contributed by atoms with Gasteiger partial charge in [0.15, 0.2) is 0 Å². The van der Waals surface area contributed by atoms with Crippen molar-refractivity contribution in [3.05, 3.63) is 94.0 Å². The van der Waals surface area contributed by atoms with Crippen molar-refractivity contribution in [2.75, 3.05) is 5.32 Å². The van der Waals surface area contributed by atoms with Crippen LogP contribution in [0.3, 0.4) is 0 Å². The minimum absolute atomic E-state index is 0.227. The van der Waals surface area contributed by atoms with Gasteiger partial charge in [-0.25, -0.2) is 4.79 Å². The van der Waals surface area contributed by atoms with Crippen molar-refractivity contribution in [1.29, 1.82) is 0 Å². The standard InChI is InChI=1S/C21H16Cl2N2O3/c22-15-7-5-14(6-8-15)13-28-17-11-9-16(10-12-17)24-21(27)25-20(26)18-3-1-2-4-19(18)23/h1-12H,13H2,(H2,24,25,26,27). The molecular weight excluding hydrogens is 399 g/mol. The summed E-state index contributed by atoms with van der Waals surface area (Å²) in [6.07, 6.45) is 0. The molecule has 0 saturated carbocycles. The first-order valence-corrected chi connectivity index (χ1v) is 9.11. The zero-order chi connectivity index (χ0) is 19.9. The quantitative estimate of drug-likeness (QED) is 0.576. The Morgan fingerprint density at radius 2 is 1.54 bits per heavy atom. The molecule has 0 radical (unpaired) electrons. The monoisotopic (exact) mass is 414 g/mol. The molecule has 142 valence electrons. The first kappa shape index (κ1) is 19.7. The van der Waals surface area contributed by atoms with E-state index in [1.54, 1.807) is 54.6 Å². The summed E-state index contributed by atoms with van der Waals surface area (Å²) in [5.41, 5.74) is 1.73. The van der Waals surface area contributed by atoms with Crippen LogP contribution in [0.5, 0.6) is 5.75 Å². The molecular formula is C21H16Cl2N2O3. The molecule has 0 spiro atoms. The van der Waals surface area contributed by atoms with Crippen LogP contribution in [0.2, 0.25) is 10.0 Å². The molecule has 0 fully saturated rings. The Kier molecular flexibility index (Phi) is 6.53. The molecule has 5 nitrogen and oxygen atoms in total. The number of amides is 3. The molecule has 2 N–H and O–H groups in total. The average molecular weight is 415 g/mol. The van der Waals surface area contributed by atoms with E-state index in [4.69, 9.17) is 27.9 Å². The van der Waals surface area contributed by atoms with Crippen molar-refractivity contribution in [3.63, 3.8) is 0 Å². The maximum atomic E-state index is 12.1. The van der Waals surface area contributed by atoms with Crippen molar-refractivity contribution in [2.24, 2.45) is 0 Å². The Bertz CT molecular complexity index is 974. The van der Waals surface area contributed by atoms with Crippen LogP contribution >= 0.6 is 23.2 Å². The number of ether oxygens (including phenoxy) is 1. The molecule has 3 aromatic rings. The van der Waals surface area contributed by atoms with Crippen molar-refractivity contribution < 1.29 is 14.3 Å². The number of halogens is 2. The van der Waals surface area contributed by atoms with E-state index in [0.29, 0.717) is 23.1 Å². The lowest BCUT2D eigenvalue weighted by Gasteiger charge is -2.09. The lowest BCUT2D eigenvalue weighted by Crippen LogP contribution is -2.34. The van der Waals surface area contributed by atoms with Gasteiger partial charge >= 0.3 is 6.03 Å². The number of nitrogens with one attached hydrogen (secondary N) is 2. The molecule has 28 heavy (non-hydrogen) atoms. The van der Waals surface area contributed by atoms with Crippen LogP contribution in [0, 0.1) is 0 Å². The molecule has 3 aromatic carbocycles. The molecule has 0 heterocycles. The number of imide groups is 1. The number of hydrogen-bond donors (Lipinski definition) is 2. The zero-order valence-corrected chi connectivity index (χ0v) is 16.1. The molecule has 0 aliphatic rings. The fourth-order valence-corrected chi connectivity index (χ4v) is 2.71. The van der Waals surface area contributed by atoms with Gasteiger partial charge < -0.3 is 10.1 Å². The van der Waals surface area contributed by atoms with Gasteiger partial charge in [-0.1, -0.05) is 47.5 Å². The smallest absolute Gasteiger partial charge is 0.326 e. The van der Waals surface area contributed by atoms with E-state index < -0.39 is 11.9 Å². The Labute approximate surface area is 172 Å². The fourth-order valence-electron chi connectivity index (χ4n) is 2.36. The molecule has 0 saturated heterocycles. The first-order chi connectivity index (χ1) is 13.5. The molecule has 3 rings (SSSR count). The van der Waals surface area contributed by atoms with E-state index in [1.165, 1.54) is 6.07 Å². The second kappa shape index (κ2) is 9.26. The Morgan fingerprint density at radius 1 is 0.857 bits per heavy atom. The van der Waals surface area contributed by atoms with Crippen LogP contribution < -0.4 is 15.4 Å². The van der Waals surface area contributed by atoms with Crippen molar-refractivity contribution in [1.82, 2.24) is 5.32 Å². The number of benzene rings is 3. The van der Waals surface area contributed by atoms with E-state index in [1.807, 2.05) is 12.1 Å². The van der Waals surface area contributed by atoms with Gasteiger partial charge in [0.2, 0.25) is 0 Å². The van der Waals surface area contributed by atoms with Gasteiger partial charge in [-0.05, 0) is 54.1 Å². The number of carbonyl (C=O) groups excluding carboxylic acids is 2. The number of urea groups is 1. The van der Waals surface area contributed by atoms with Gasteiger partial charge in [-0.2, -0.15) is 0 Å². The van der Waals surface area contributed by atoms with Crippen molar-refractivity contribution in [2.45, 2.75) is 6.61 Å². The highest BCUT2D eigenvalue weighted by Gasteiger charge is 2.13. The molecule has 7 heteroatoms. The first-order valence-electron chi connectivity index (χ1n) is 8.35. The van der Waals surface area contributed by atoms with Gasteiger partial charge in [-0.15, -0.1) is 0 Å². The van der Waals surface area contributed by atoms with Crippen molar-refractivity contribution >= 4 is 40.8 Å². The molecule has 0 aliphatic heterocycles. The highest BCUT2D eigenvalue weighted by atomic mass is 35.5. The predicted octanol–water partition coefficient (Wildman–Crippen LogP) is 5.53. The van der Waals surface area contributed by atoms with Gasteiger partial charge in [0, 0.05) is 10.7 Å². The van der Waals surface area contributed by atoms with Crippen LogP contribution in [0.15, 0.2) is 72.8 Å². The van der Waals surface area contributed by atoms with Gasteiger partial charge in [-0.3, -0.25) is 10.1 Å². The number of anilines is 1. The van der Waals surface area contributed by atoms with E-state index in [2.05, 4.69) is 10.6 Å². The van der Waals surface area contributed by atoms with Crippen molar-refractivity contribution in [3.8, 4) is 5.75 Å². The maximum Gasteiger partial charge on any atom is 0.326 e. The number of carbonyl (C=O) groups is 2. The second-order valence-electron chi connectivity index (χ2n) is 5.83. The van der Waals surface area contributed by atoms with Crippen LogP contribution in [0.25, 0.3) is 0 Å². The maximum absolute atomic E-state index is 12.1. The summed E-state index contributed by atoms with van der Waals surface area (Å²) in [7, 11) is 0. The molecule has 0 unspecified atom stereocenters. The van der Waals surface area contributed by atoms with Crippen LogP contribution in [-0.4, -0.2) is 11.9 Å². The fraction of sp³-hybridized carbons (Fsp3) is 0.0476. The summed E-state index contributed by atoms with van der Waals surface area (Å²) < 4.78 is 5.69. The summed E-state index contributed by atoms with van der Waals surface area (Å²) in [5, 5.41) is 5.77. The molecule has 0 aliphatic carbocycles. The highest BCUT2D eigenvalue weighted by molar-refractivity contribution is 6.34. The topological polar surface area (TPSA) is 67.4 Å². The van der Waals surface area contributed by atoms with E-state index in [9.17, 15) is 9.59 Å². The second-order valence-corrected chi connectivity index (χ2v) is 6.67. The van der Waals surface area contributed by atoms with Gasteiger partial charge in [0.05, 0.1) is 10.6 Å². The Balaban J connectivity index is 1.52. The summed E-state index contributed by atoms with van der Waals surface area (Å²) in [4.78, 5) is 24.1. The van der Waals surface area contributed by atoms with Gasteiger partial charge in [0.25, 0.3) is 5.91 Å². The number of hydrogen-bond acceptors (Lipinski definition) is 3. The SMILES string of the molecule is O=C(NC(=O)c1ccccc1Cl)Nc1ccc(OCc2ccc(Cl)cc2)cc1. The summed E-state index contributed by atoms with van der Waals surface area (Å²) >= 11 is 11.8. The average Bonchev–Trinajstić information content (AvgIpc) is 2.69. The van der Waals surface area contributed by atoms with E-state index in [0.717, 1.165) is 5.56 Å². The highest BCUT2D eigenvalue weighted by Crippen LogP contribution is 2.18. The third-order valence-corrected chi connectivity index (χ3v) is 4.36. The molecule has 0 atom stereocenters. The minimum atomic E-state index is -0.653. The molecule has 0 bridgehead atoms. The third kappa shape index (κ3) is 5.49. The Morgan fingerprint density at radius 3 is 2.21 bits per heavy atom. The van der Waals surface area contributed by atoms with Crippen LogP contribution in [0.4, 0.5) is 10.5 Å². The predicted molar refractivity (Wildman–Crippen MR) is 110 cm³/mol. The lowest BCUT2D eigenvalue weighted by molar-refractivity contribution is 0.0967. The van der Waals surface area contributed by atoms with Crippen LogP contribution in [0.1, 0.15) is 15.9 Å². The third-order valence-electron chi connectivity index (χ3n) is 3.78. The summed E-state index contributed by atoms with van der Waals surface area (Å²) in [6, 6.07) is 20.0. The zero-order valence-electron chi connectivity index (χ0n) is 14.6. The summed E-state index contributed by atoms with van der Waals surface area (Å²) in [6.45, 7) is 0.400. The van der Waals surface area contributed by atoms with E-state index in [-0.39, 0.29) is 10.6 Å². The normalized spacial score (nSPS) is 10.2. The largest absolute Gasteiger partial charge is 0.489 e. The lowest BCUT2D eigenvalue weighted by atomic mass is 10.2. The molecule has 0 aromatic heterocycles. The summed E-state index contributed by atoms with van der Waals surface area (Å²) in [5.74, 6) is 0.0686. The van der Waals surface area contributed by atoms with Gasteiger partial charge in [0.1, 0.15) is 12.4 Å². The Hall–Kier alpha value is -3.02. The number of rotatable bonds is 5. The van der Waals surface area contributed by atoms with Crippen LogP contribution in [-0.2, 0) is 6.61 Å². The molecule has 3 amide bonds. The van der Waals surface area contributed by atoms with E-state index >= 15 is 0 Å². The minimum Gasteiger partial charge on any atom is -0.489 e.